The van der Waals surface area contributed by atoms with E-state index in [1.165, 1.54) is 0 Å². The van der Waals surface area contributed by atoms with Crippen LogP contribution in [0.15, 0.2) is 5.16 Å². The molecule has 0 radical (unpaired) electrons. The summed E-state index contributed by atoms with van der Waals surface area (Å²) in [5.74, 6) is 0.458. The van der Waals surface area contributed by atoms with Crippen molar-refractivity contribution in [1.29, 1.82) is 0 Å². The van der Waals surface area contributed by atoms with Crippen molar-refractivity contribution in [2.75, 3.05) is 0 Å². The van der Waals surface area contributed by atoms with Gasteiger partial charge in [0.2, 0.25) is 0 Å². The molecule has 0 saturated heterocycles. The van der Waals surface area contributed by atoms with Crippen molar-refractivity contribution in [3.05, 3.63) is 0 Å². The van der Waals surface area contributed by atoms with Crippen LogP contribution in [-0.4, -0.2) is 11.4 Å². The Morgan fingerprint density at radius 1 is 1.50 bits per heavy atom. The normalized spacial score (nSPS) is 11.4. The van der Waals surface area contributed by atoms with Crippen molar-refractivity contribution in [2.24, 2.45) is 11.1 Å². The van der Waals surface area contributed by atoms with E-state index in [0.29, 0.717) is 5.92 Å². The molecule has 0 unspecified atom stereocenters. The molecule has 0 bridgehead atoms. The first-order valence-electron chi connectivity index (χ1n) is 3.02. The molecular weight excluding hydrogens is 102 g/mol. The Bertz CT molecular complexity index is 66.9. The summed E-state index contributed by atoms with van der Waals surface area (Å²) in [5, 5.41) is 11.0. The van der Waals surface area contributed by atoms with Crippen molar-refractivity contribution in [2.45, 2.75) is 26.7 Å². The summed E-state index contributed by atoms with van der Waals surface area (Å²) in [7, 11) is 0. The molecule has 2 heteroatoms. The van der Waals surface area contributed by atoms with Crippen LogP contribution in [0.2, 0.25) is 0 Å². The van der Waals surface area contributed by atoms with E-state index in [1.54, 1.807) is 6.21 Å². The van der Waals surface area contributed by atoms with Crippen LogP contribution in [0.3, 0.4) is 0 Å². The van der Waals surface area contributed by atoms with Gasteiger partial charge in [-0.15, -0.1) is 5.16 Å². The van der Waals surface area contributed by atoms with E-state index in [1.807, 2.05) is 0 Å². The molecule has 0 rings (SSSR count). The van der Waals surface area contributed by atoms with Crippen LogP contribution < -0.4 is 0 Å². The summed E-state index contributed by atoms with van der Waals surface area (Å²) < 4.78 is 0. The highest BCUT2D eigenvalue weighted by atomic mass is 16.4. The van der Waals surface area contributed by atoms with Gasteiger partial charge in [-0.25, -0.2) is 0 Å². The van der Waals surface area contributed by atoms with Gasteiger partial charge >= 0.3 is 0 Å². The molecule has 2 nitrogen and oxygen atoms in total. The average molecular weight is 115 g/mol. The summed E-state index contributed by atoms with van der Waals surface area (Å²) in [4.78, 5) is 0. The van der Waals surface area contributed by atoms with Crippen LogP contribution in [0.5, 0.6) is 0 Å². The minimum Gasteiger partial charge on any atom is -0.411 e. The van der Waals surface area contributed by atoms with Gasteiger partial charge in [-0.2, -0.15) is 0 Å². The molecule has 0 amide bonds. The average Bonchev–Trinajstić information content (AvgIpc) is 1.83. The summed E-state index contributed by atoms with van der Waals surface area (Å²) in [5.41, 5.74) is 0. The Kier molecular flexibility index (Phi) is 4.32. The van der Waals surface area contributed by atoms with Crippen LogP contribution in [0, 0.1) is 5.92 Å². The minimum absolute atomic E-state index is 0.458. The van der Waals surface area contributed by atoms with Gasteiger partial charge in [-0.3, -0.25) is 0 Å². The van der Waals surface area contributed by atoms with Gasteiger partial charge in [0.25, 0.3) is 0 Å². The summed E-state index contributed by atoms with van der Waals surface area (Å²) in [6, 6.07) is 0. The molecule has 0 aromatic rings. The standard InChI is InChI=1S/C6H13NO/c1-3-6(4-2)5-7-8/h5-6,8H,3-4H2,1-2H3/b7-5+. The second-order valence-electron chi connectivity index (χ2n) is 1.84. The lowest BCUT2D eigenvalue weighted by atomic mass is 10.1. The van der Waals surface area contributed by atoms with Crippen molar-refractivity contribution < 1.29 is 5.21 Å². The van der Waals surface area contributed by atoms with Gasteiger partial charge in [-0.1, -0.05) is 13.8 Å². The highest BCUT2D eigenvalue weighted by Crippen LogP contribution is 2.02. The highest BCUT2D eigenvalue weighted by molar-refractivity contribution is 5.59. The van der Waals surface area contributed by atoms with E-state index >= 15 is 0 Å². The zero-order valence-electron chi connectivity index (χ0n) is 5.46. The smallest absolute Gasteiger partial charge is 0.0466 e. The monoisotopic (exact) mass is 115 g/mol. The van der Waals surface area contributed by atoms with Gasteiger partial charge in [0.05, 0.1) is 0 Å². The van der Waals surface area contributed by atoms with Crippen molar-refractivity contribution >= 4 is 6.21 Å². The molecule has 0 aliphatic rings. The molecule has 0 heterocycles. The second kappa shape index (κ2) is 4.62. The maximum absolute atomic E-state index is 8.07. The fraction of sp³-hybridized carbons (Fsp3) is 0.833. The van der Waals surface area contributed by atoms with Crippen LogP contribution in [0.25, 0.3) is 0 Å². The summed E-state index contributed by atoms with van der Waals surface area (Å²) in [6.45, 7) is 4.16. The van der Waals surface area contributed by atoms with E-state index < -0.39 is 0 Å². The molecule has 48 valence electrons. The van der Waals surface area contributed by atoms with Crippen molar-refractivity contribution in [3.8, 4) is 0 Å². The fourth-order valence-corrected chi connectivity index (χ4v) is 0.594. The molecule has 0 spiro atoms. The molecular formula is C6H13NO. The fourth-order valence-electron chi connectivity index (χ4n) is 0.594. The SMILES string of the molecule is CCC(/C=N/O)CC. The predicted octanol–water partition coefficient (Wildman–Crippen LogP) is 1.88. The molecule has 0 saturated carbocycles. The molecule has 0 aliphatic carbocycles. The lowest BCUT2D eigenvalue weighted by Crippen LogP contribution is -1.96. The first kappa shape index (κ1) is 7.47. The van der Waals surface area contributed by atoms with Crippen LogP contribution in [-0.2, 0) is 0 Å². The third-order valence-electron chi connectivity index (χ3n) is 1.33. The van der Waals surface area contributed by atoms with Crippen LogP contribution >= 0.6 is 0 Å². The number of hydrogen-bond donors (Lipinski definition) is 1. The van der Waals surface area contributed by atoms with Crippen LogP contribution in [0.4, 0.5) is 0 Å². The van der Waals surface area contributed by atoms with E-state index in [0.717, 1.165) is 12.8 Å². The Morgan fingerprint density at radius 3 is 2.12 bits per heavy atom. The molecule has 0 atom stereocenters. The Labute approximate surface area is 50.2 Å². The predicted molar refractivity (Wildman–Crippen MR) is 34.4 cm³/mol. The molecule has 8 heavy (non-hydrogen) atoms. The molecule has 0 fully saturated rings. The second-order valence-corrected chi connectivity index (χ2v) is 1.84. The number of hydrogen-bond acceptors (Lipinski definition) is 2. The highest BCUT2D eigenvalue weighted by Gasteiger charge is 1.96. The lowest BCUT2D eigenvalue weighted by molar-refractivity contribution is 0.317. The van der Waals surface area contributed by atoms with Crippen LogP contribution in [0.1, 0.15) is 26.7 Å². The maximum Gasteiger partial charge on any atom is 0.0466 e. The van der Waals surface area contributed by atoms with E-state index in [9.17, 15) is 0 Å². The first-order valence-corrected chi connectivity index (χ1v) is 3.02. The third-order valence-corrected chi connectivity index (χ3v) is 1.33. The number of oxime groups is 1. The third kappa shape index (κ3) is 2.61. The summed E-state index contributed by atoms with van der Waals surface area (Å²) in [6.07, 6.45) is 3.70. The van der Waals surface area contributed by atoms with Gasteiger partial charge in [0.15, 0.2) is 0 Å². The van der Waals surface area contributed by atoms with Crippen molar-refractivity contribution in [1.82, 2.24) is 0 Å². The molecule has 1 N–H and O–H groups in total. The molecule has 0 aliphatic heterocycles. The molecule has 0 aromatic carbocycles. The number of rotatable bonds is 3. The Balaban J connectivity index is 3.36. The van der Waals surface area contributed by atoms with E-state index in [4.69, 9.17) is 5.21 Å². The van der Waals surface area contributed by atoms with Crippen molar-refractivity contribution in [3.63, 3.8) is 0 Å². The zero-order chi connectivity index (χ0) is 6.41. The zero-order valence-corrected chi connectivity index (χ0v) is 5.46. The van der Waals surface area contributed by atoms with Gasteiger partial charge < -0.3 is 5.21 Å². The van der Waals surface area contributed by atoms with E-state index in [-0.39, 0.29) is 0 Å². The largest absolute Gasteiger partial charge is 0.411 e. The van der Waals surface area contributed by atoms with Gasteiger partial charge in [0.1, 0.15) is 0 Å². The lowest BCUT2D eigenvalue weighted by Gasteiger charge is -2.00. The van der Waals surface area contributed by atoms with Gasteiger partial charge in [0, 0.05) is 6.21 Å². The Morgan fingerprint density at radius 2 is 2.00 bits per heavy atom. The Hall–Kier alpha value is -0.530. The summed E-state index contributed by atoms with van der Waals surface area (Å²) >= 11 is 0. The minimum atomic E-state index is 0.458. The first-order chi connectivity index (χ1) is 3.85. The topological polar surface area (TPSA) is 32.6 Å². The maximum atomic E-state index is 8.07. The molecule has 0 aromatic heterocycles. The number of nitrogens with zero attached hydrogens (tertiary/aromatic N) is 1. The van der Waals surface area contributed by atoms with E-state index in [2.05, 4.69) is 19.0 Å². The quantitative estimate of drug-likeness (QED) is 0.340. The van der Waals surface area contributed by atoms with Gasteiger partial charge in [-0.05, 0) is 18.8 Å².